The molecule has 1 aliphatic heterocycles. The van der Waals surface area contributed by atoms with E-state index in [4.69, 9.17) is 0 Å². The smallest absolute Gasteiger partial charge is 0.247 e. The average molecular weight is 318 g/mol. The van der Waals surface area contributed by atoms with Crippen LogP contribution in [-0.2, 0) is 19.6 Å². The maximum Gasteiger partial charge on any atom is 0.247 e. The molecule has 6 nitrogen and oxygen atoms in total. The summed E-state index contributed by atoms with van der Waals surface area (Å²) in [5, 5.41) is 2.03. The van der Waals surface area contributed by atoms with Crippen molar-refractivity contribution in [1.29, 1.82) is 0 Å². The van der Waals surface area contributed by atoms with Crippen molar-refractivity contribution in [2.45, 2.75) is 24.3 Å². The molecule has 21 heavy (non-hydrogen) atoms. The molecule has 1 aromatic carbocycles. The highest BCUT2D eigenvalue weighted by Gasteiger charge is 2.47. The lowest BCUT2D eigenvalue weighted by Gasteiger charge is -2.38. The van der Waals surface area contributed by atoms with E-state index in [2.05, 4.69) is 0 Å². The summed E-state index contributed by atoms with van der Waals surface area (Å²) in [6, 6.07) is 2.06. The third-order valence-electron chi connectivity index (χ3n) is 3.20. The fourth-order valence-corrected chi connectivity index (χ4v) is 3.63. The zero-order valence-electron chi connectivity index (χ0n) is 11.2. The Morgan fingerprint density at radius 1 is 1.19 bits per heavy atom. The van der Waals surface area contributed by atoms with Crippen LogP contribution in [0.1, 0.15) is 13.8 Å². The van der Waals surface area contributed by atoms with Crippen molar-refractivity contribution in [3.05, 3.63) is 29.8 Å². The van der Waals surface area contributed by atoms with E-state index in [-0.39, 0.29) is 0 Å². The van der Waals surface area contributed by atoms with E-state index in [1.165, 1.54) is 13.8 Å². The van der Waals surface area contributed by atoms with Gasteiger partial charge in [-0.2, -0.15) is 4.31 Å². The number of nitrogens with one attached hydrogen (secondary N) is 1. The summed E-state index contributed by atoms with van der Waals surface area (Å²) in [4.78, 5) is 22.6. The Morgan fingerprint density at radius 3 is 2.38 bits per heavy atom. The summed E-state index contributed by atoms with van der Waals surface area (Å²) < 4.78 is 51.7. The van der Waals surface area contributed by atoms with Gasteiger partial charge in [-0.3, -0.25) is 14.9 Å². The maximum atomic E-state index is 13.2. The Balaban J connectivity index is 2.53. The van der Waals surface area contributed by atoms with Crippen LogP contribution in [0.25, 0.3) is 0 Å². The van der Waals surface area contributed by atoms with Gasteiger partial charge in [0.05, 0.1) is 11.4 Å². The highest BCUT2D eigenvalue weighted by molar-refractivity contribution is 7.89. The number of halogens is 2. The van der Waals surface area contributed by atoms with Gasteiger partial charge in [0.1, 0.15) is 5.54 Å². The quantitative estimate of drug-likeness (QED) is 0.800. The lowest BCUT2D eigenvalue weighted by atomic mass is 10.0. The second-order valence-corrected chi connectivity index (χ2v) is 6.89. The lowest BCUT2D eigenvalue weighted by Crippen LogP contribution is -2.65. The predicted octanol–water partition coefficient (Wildman–Crippen LogP) is 0.390. The number of hydrogen-bond acceptors (Lipinski definition) is 4. The number of rotatable bonds is 2. The minimum atomic E-state index is -4.33. The van der Waals surface area contributed by atoms with Crippen LogP contribution >= 0.6 is 0 Å². The van der Waals surface area contributed by atoms with E-state index in [9.17, 15) is 26.8 Å². The highest BCUT2D eigenvalue weighted by Crippen LogP contribution is 2.27. The molecule has 0 unspecified atom stereocenters. The van der Waals surface area contributed by atoms with Gasteiger partial charge in [-0.15, -0.1) is 0 Å². The van der Waals surface area contributed by atoms with E-state index in [1.54, 1.807) is 0 Å². The number of amides is 2. The molecule has 1 heterocycles. The van der Waals surface area contributed by atoms with Gasteiger partial charge in [-0.1, -0.05) is 0 Å². The molecule has 9 heteroatoms. The van der Waals surface area contributed by atoms with Gasteiger partial charge in [0.25, 0.3) is 0 Å². The maximum absolute atomic E-state index is 13.2. The molecule has 0 saturated carbocycles. The van der Waals surface area contributed by atoms with Crippen LogP contribution in [-0.4, -0.2) is 36.6 Å². The zero-order valence-corrected chi connectivity index (χ0v) is 12.0. The van der Waals surface area contributed by atoms with Crippen LogP contribution in [0.4, 0.5) is 8.78 Å². The van der Waals surface area contributed by atoms with Gasteiger partial charge in [-0.05, 0) is 32.0 Å². The first-order chi connectivity index (χ1) is 9.56. The molecule has 0 atom stereocenters. The molecule has 0 bridgehead atoms. The fourth-order valence-electron chi connectivity index (χ4n) is 1.91. The van der Waals surface area contributed by atoms with E-state index in [0.717, 1.165) is 6.07 Å². The van der Waals surface area contributed by atoms with E-state index >= 15 is 0 Å². The first-order valence-electron chi connectivity index (χ1n) is 5.89. The number of nitrogens with zero attached hydrogens (tertiary/aromatic N) is 1. The van der Waals surface area contributed by atoms with Crippen molar-refractivity contribution in [2.24, 2.45) is 0 Å². The van der Waals surface area contributed by atoms with Crippen LogP contribution in [0.15, 0.2) is 23.1 Å². The number of hydrogen-bond donors (Lipinski definition) is 1. The monoisotopic (exact) mass is 318 g/mol. The molecule has 1 aromatic rings. The van der Waals surface area contributed by atoms with Gasteiger partial charge < -0.3 is 0 Å². The Morgan fingerprint density at radius 2 is 1.81 bits per heavy atom. The summed E-state index contributed by atoms with van der Waals surface area (Å²) in [7, 11) is -4.33. The number of benzene rings is 1. The van der Waals surface area contributed by atoms with Crippen LogP contribution in [0, 0.1) is 11.6 Å². The molecule has 2 rings (SSSR count). The minimum Gasteiger partial charge on any atom is -0.294 e. The number of imide groups is 1. The molecule has 1 aliphatic rings. The molecule has 114 valence electrons. The average Bonchev–Trinajstić information content (AvgIpc) is 2.37. The van der Waals surface area contributed by atoms with Crippen LogP contribution in [0.5, 0.6) is 0 Å². The minimum absolute atomic E-state index is 0.512. The molecular weight excluding hydrogens is 306 g/mol. The fraction of sp³-hybridized carbons (Fsp3) is 0.333. The summed E-state index contributed by atoms with van der Waals surface area (Å²) in [5.41, 5.74) is -1.53. The number of piperazine rings is 1. The largest absolute Gasteiger partial charge is 0.294 e. The molecule has 0 spiro atoms. The van der Waals surface area contributed by atoms with Crippen molar-refractivity contribution >= 4 is 21.8 Å². The first kappa shape index (κ1) is 15.5. The summed E-state index contributed by atoms with van der Waals surface area (Å²) in [6.07, 6.45) is 0. The lowest BCUT2D eigenvalue weighted by molar-refractivity contribution is -0.141. The summed E-state index contributed by atoms with van der Waals surface area (Å²) >= 11 is 0. The molecule has 0 aliphatic carbocycles. The topological polar surface area (TPSA) is 83.6 Å². The molecular formula is C12H12F2N2O4S. The summed E-state index contributed by atoms with van der Waals surface area (Å²) in [6.45, 7) is 2.04. The Kier molecular flexibility index (Phi) is 3.58. The second kappa shape index (κ2) is 4.85. The third kappa shape index (κ3) is 2.54. The summed E-state index contributed by atoms with van der Waals surface area (Å²) in [5.74, 6) is -4.10. The zero-order chi connectivity index (χ0) is 16.0. The van der Waals surface area contributed by atoms with E-state index < -0.39 is 50.5 Å². The van der Waals surface area contributed by atoms with Gasteiger partial charge in [0, 0.05) is 0 Å². The van der Waals surface area contributed by atoms with Gasteiger partial charge >= 0.3 is 0 Å². The van der Waals surface area contributed by atoms with Gasteiger partial charge in [-0.25, -0.2) is 17.2 Å². The van der Waals surface area contributed by atoms with Crippen molar-refractivity contribution in [2.75, 3.05) is 6.54 Å². The molecule has 0 aromatic heterocycles. The third-order valence-corrected chi connectivity index (χ3v) is 5.21. The first-order valence-corrected chi connectivity index (χ1v) is 7.33. The molecule has 0 radical (unpaired) electrons. The van der Waals surface area contributed by atoms with E-state index in [1.807, 2.05) is 5.32 Å². The normalized spacial score (nSPS) is 19.4. The van der Waals surface area contributed by atoms with Crippen molar-refractivity contribution < 1.29 is 26.8 Å². The van der Waals surface area contributed by atoms with Crippen LogP contribution in [0.2, 0.25) is 0 Å². The standard InChI is InChI=1S/C12H12F2N2O4S/c1-12(2)11(18)15-10(17)6-16(12)21(19,20)7-3-4-8(13)9(14)5-7/h3-5H,6H2,1-2H3,(H,15,17,18). The molecule has 1 fully saturated rings. The van der Waals surface area contributed by atoms with Gasteiger partial charge in [0.2, 0.25) is 21.8 Å². The molecule has 1 saturated heterocycles. The Labute approximate surface area is 119 Å². The second-order valence-electron chi connectivity index (χ2n) is 5.02. The predicted molar refractivity (Wildman–Crippen MR) is 67.5 cm³/mol. The number of carbonyl (C=O) groups is 2. The number of carbonyl (C=O) groups excluding carboxylic acids is 2. The van der Waals surface area contributed by atoms with Crippen molar-refractivity contribution in [1.82, 2.24) is 9.62 Å². The molecule has 2 amide bonds. The number of sulfonamides is 1. The highest BCUT2D eigenvalue weighted by atomic mass is 32.2. The van der Waals surface area contributed by atoms with Crippen molar-refractivity contribution in [3.63, 3.8) is 0 Å². The van der Waals surface area contributed by atoms with Crippen molar-refractivity contribution in [3.8, 4) is 0 Å². The van der Waals surface area contributed by atoms with Crippen LogP contribution in [0.3, 0.4) is 0 Å². The molecule has 1 N–H and O–H groups in total. The Bertz CT molecular complexity index is 731. The van der Waals surface area contributed by atoms with Gasteiger partial charge in [0.15, 0.2) is 11.6 Å². The van der Waals surface area contributed by atoms with E-state index in [0.29, 0.717) is 16.4 Å². The SMILES string of the molecule is CC1(C)C(=O)NC(=O)CN1S(=O)(=O)c1ccc(F)c(F)c1. The Hall–Kier alpha value is -1.87. The van der Waals surface area contributed by atoms with Crippen LogP contribution < -0.4 is 5.32 Å².